The molecule has 3 rings (SSSR count). The Balaban J connectivity index is 1.80. The second-order valence-corrected chi connectivity index (χ2v) is 8.65. The van der Waals surface area contributed by atoms with Crippen LogP contribution in [-0.4, -0.2) is 33.5 Å². The molecule has 0 aromatic heterocycles. The molecule has 0 bridgehead atoms. The number of benzene rings is 2. The summed E-state index contributed by atoms with van der Waals surface area (Å²) in [5.41, 5.74) is 2.66. The molecule has 3 N–H and O–H groups in total. The molecule has 0 saturated carbocycles. The Kier molecular flexibility index (Phi) is 5.82. The van der Waals surface area contributed by atoms with E-state index in [9.17, 15) is 13.2 Å². The number of rotatable bonds is 5. The number of sulfonamides is 1. The van der Waals surface area contributed by atoms with Crippen molar-refractivity contribution in [2.75, 3.05) is 17.8 Å². The topological polar surface area (TPSA) is 87.3 Å². The van der Waals surface area contributed by atoms with Crippen molar-refractivity contribution in [1.82, 2.24) is 10.6 Å². The maximum atomic E-state index is 12.7. The van der Waals surface area contributed by atoms with Gasteiger partial charge in [0.2, 0.25) is 0 Å². The molecule has 1 atom stereocenters. The van der Waals surface area contributed by atoms with Gasteiger partial charge in [-0.2, -0.15) is 0 Å². The van der Waals surface area contributed by atoms with Crippen LogP contribution in [0.5, 0.6) is 0 Å². The molecule has 144 valence electrons. The van der Waals surface area contributed by atoms with Gasteiger partial charge in [0.15, 0.2) is 0 Å². The zero-order valence-electron chi connectivity index (χ0n) is 15.6. The van der Waals surface area contributed by atoms with E-state index in [0.29, 0.717) is 11.3 Å². The van der Waals surface area contributed by atoms with E-state index in [1.807, 2.05) is 19.1 Å². The Morgan fingerprint density at radius 3 is 2.52 bits per heavy atom. The summed E-state index contributed by atoms with van der Waals surface area (Å²) in [6.45, 7) is 5.43. The number of piperidine rings is 1. The van der Waals surface area contributed by atoms with Gasteiger partial charge < -0.3 is 10.6 Å². The summed E-state index contributed by atoms with van der Waals surface area (Å²) in [5.74, 6) is -0.242. The zero-order chi connectivity index (χ0) is 19.4. The number of hydrogen-bond donors (Lipinski definition) is 3. The van der Waals surface area contributed by atoms with Gasteiger partial charge in [0.1, 0.15) is 0 Å². The van der Waals surface area contributed by atoms with Crippen molar-refractivity contribution >= 4 is 21.6 Å². The highest BCUT2D eigenvalue weighted by Gasteiger charge is 2.21. The number of aryl methyl sites for hydroxylation is 2. The molecule has 1 unspecified atom stereocenters. The van der Waals surface area contributed by atoms with E-state index in [0.717, 1.165) is 37.1 Å². The smallest absolute Gasteiger partial charge is 0.261 e. The second kappa shape index (κ2) is 8.10. The lowest BCUT2D eigenvalue weighted by Crippen LogP contribution is -2.45. The van der Waals surface area contributed by atoms with E-state index in [4.69, 9.17) is 0 Å². The van der Waals surface area contributed by atoms with Crippen LogP contribution < -0.4 is 15.4 Å². The molecule has 6 nitrogen and oxygen atoms in total. The molecule has 1 saturated heterocycles. The van der Waals surface area contributed by atoms with Gasteiger partial charge >= 0.3 is 0 Å². The van der Waals surface area contributed by atoms with Gasteiger partial charge in [-0.3, -0.25) is 9.52 Å². The first kappa shape index (κ1) is 19.4. The van der Waals surface area contributed by atoms with Gasteiger partial charge in [-0.1, -0.05) is 23.8 Å². The van der Waals surface area contributed by atoms with Gasteiger partial charge in [0.05, 0.1) is 4.90 Å². The Bertz CT molecular complexity index is 918. The van der Waals surface area contributed by atoms with Crippen LogP contribution in [0.4, 0.5) is 5.69 Å². The number of anilines is 1. The standard InChI is InChI=1S/C20H25N3O3S/c1-14-5-8-16(9-6-14)23-27(25,26)18-10-7-15(2)19(12-18)20(24)22-17-4-3-11-21-13-17/h5-10,12,17,21,23H,3-4,11,13H2,1-2H3,(H,22,24). The summed E-state index contributed by atoms with van der Waals surface area (Å²) < 4.78 is 28.0. The number of hydrogen-bond acceptors (Lipinski definition) is 4. The van der Waals surface area contributed by atoms with Crippen molar-refractivity contribution in [1.29, 1.82) is 0 Å². The molecule has 1 aliphatic rings. The summed E-state index contributed by atoms with van der Waals surface area (Å²) >= 11 is 0. The summed E-state index contributed by atoms with van der Waals surface area (Å²) in [4.78, 5) is 12.7. The average molecular weight is 388 g/mol. The molecular formula is C20H25N3O3S. The van der Waals surface area contributed by atoms with Gasteiger partial charge in [-0.15, -0.1) is 0 Å². The van der Waals surface area contributed by atoms with Crippen LogP contribution >= 0.6 is 0 Å². The Morgan fingerprint density at radius 1 is 1.11 bits per heavy atom. The number of amides is 1. The third-order valence-electron chi connectivity index (χ3n) is 4.70. The van der Waals surface area contributed by atoms with E-state index in [1.54, 1.807) is 25.1 Å². The van der Waals surface area contributed by atoms with Crippen molar-refractivity contribution < 1.29 is 13.2 Å². The van der Waals surface area contributed by atoms with Crippen molar-refractivity contribution in [3.05, 3.63) is 59.2 Å². The summed E-state index contributed by atoms with van der Waals surface area (Å²) in [6, 6.07) is 11.8. The highest BCUT2D eigenvalue weighted by atomic mass is 32.2. The third kappa shape index (κ3) is 4.87. The summed E-state index contributed by atoms with van der Waals surface area (Å²) in [6.07, 6.45) is 1.93. The monoisotopic (exact) mass is 387 g/mol. The normalized spacial score (nSPS) is 17.3. The fraction of sp³-hybridized carbons (Fsp3) is 0.350. The Morgan fingerprint density at radius 2 is 1.85 bits per heavy atom. The lowest BCUT2D eigenvalue weighted by atomic mass is 10.1. The minimum Gasteiger partial charge on any atom is -0.348 e. The maximum Gasteiger partial charge on any atom is 0.261 e. The SMILES string of the molecule is Cc1ccc(NS(=O)(=O)c2ccc(C)c(C(=O)NC3CCCNC3)c2)cc1. The summed E-state index contributed by atoms with van der Waals surface area (Å²) in [7, 11) is -3.77. The predicted octanol–water partition coefficient (Wildman–Crippen LogP) is 2.59. The van der Waals surface area contributed by atoms with Crippen molar-refractivity contribution in [3.8, 4) is 0 Å². The molecule has 0 spiro atoms. The van der Waals surface area contributed by atoms with Crippen LogP contribution in [0.3, 0.4) is 0 Å². The zero-order valence-corrected chi connectivity index (χ0v) is 16.4. The van der Waals surface area contributed by atoms with E-state index in [-0.39, 0.29) is 16.8 Å². The van der Waals surface area contributed by atoms with Crippen LogP contribution in [0.2, 0.25) is 0 Å². The third-order valence-corrected chi connectivity index (χ3v) is 6.08. The first-order chi connectivity index (χ1) is 12.8. The van der Waals surface area contributed by atoms with Crippen LogP contribution in [-0.2, 0) is 10.0 Å². The van der Waals surface area contributed by atoms with E-state index >= 15 is 0 Å². The number of nitrogens with one attached hydrogen (secondary N) is 3. The molecule has 1 fully saturated rings. The fourth-order valence-electron chi connectivity index (χ4n) is 3.09. The average Bonchev–Trinajstić information content (AvgIpc) is 2.64. The molecule has 27 heavy (non-hydrogen) atoms. The predicted molar refractivity (Wildman–Crippen MR) is 107 cm³/mol. The highest BCUT2D eigenvalue weighted by Crippen LogP contribution is 2.20. The molecule has 1 amide bonds. The highest BCUT2D eigenvalue weighted by molar-refractivity contribution is 7.92. The molecule has 0 aliphatic carbocycles. The molecule has 7 heteroatoms. The van der Waals surface area contributed by atoms with Crippen LogP contribution in [0.25, 0.3) is 0 Å². The number of carbonyl (C=O) groups is 1. The van der Waals surface area contributed by atoms with Crippen LogP contribution in [0, 0.1) is 13.8 Å². The fourth-order valence-corrected chi connectivity index (χ4v) is 4.17. The van der Waals surface area contributed by atoms with Crippen LogP contribution in [0.15, 0.2) is 47.4 Å². The minimum absolute atomic E-state index is 0.0663. The maximum absolute atomic E-state index is 12.7. The van der Waals surface area contributed by atoms with E-state index in [2.05, 4.69) is 15.4 Å². The minimum atomic E-state index is -3.77. The second-order valence-electron chi connectivity index (χ2n) is 6.96. The van der Waals surface area contributed by atoms with E-state index < -0.39 is 10.0 Å². The van der Waals surface area contributed by atoms with E-state index in [1.165, 1.54) is 12.1 Å². The number of carbonyl (C=O) groups excluding carboxylic acids is 1. The van der Waals surface area contributed by atoms with Gasteiger partial charge in [0.25, 0.3) is 15.9 Å². The van der Waals surface area contributed by atoms with Crippen molar-refractivity contribution in [2.24, 2.45) is 0 Å². The van der Waals surface area contributed by atoms with Gasteiger partial charge in [-0.05, 0) is 63.1 Å². The molecule has 2 aromatic carbocycles. The van der Waals surface area contributed by atoms with Crippen molar-refractivity contribution in [2.45, 2.75) is 37.6 Å². The quantitative estimate of drug-likeness (QED) is 0.736. The Labute approximate surface area is 160 Å². The van der Waals surface area contributed by atoms with Gasteiger partial charge in [-0.25, -0.2) is 8.42 Å². The first-order valence-electron chi connectivity index (χ1n) is 9.07. The first-order valence-corrected chi connectivity index (χ1v) is 10.6. The molecule has 0 radical (unpaired) electrons. The Hall–Kier alpha value is -2.38. The lowest BCUT2D eigenvalue weighted by Gasteiger charge is -2.24. The molecule has 1 heterocycles. The summed E-state index contributed by atoms with van der Waals surface area (Å²) in [5, 5.41) is 6.25. The molecule has 2 aromatic rings. The van der Waals surface area contributed by atoms with Crippen molar-refractivity contribution in [3.63, 3.8) is 0 Å². The van der Waals surface area contributed by atoms with Gasteiger partial charge in [0, 0.05) is 23.8 Å². The van der Waals surface area contributed by atoms with Crippen LogP contribution in [0.1, 0.15) is 34.3 Å². The molecular weight excluding hydrogens is 362 g/mol. The lowest BCUT2D eigenvalue weighted by molar-refractivity contribution is 0.0930. The molecule has 1 aliphatic heterocycles. The largest absolute Gasteiger partial charge is 0.348 e.